The van der Waals surface area contributed by atoms with Gasteiger partial charge in [-0.25, -0.2) is 0 Å². The Morgan fingerprint density at radius 1 is 1.36 bits per heavy atom. The first kappa shape index (κ1) is 14.5. The Bertz CT molecular complexity index is 544. The molecule has 0 aromatic heterocycles. The highest BCUT2D eigenvalue weighted by Crippen LogP contribution is 2.52. The first-order valence-corrected chi connectivity index (χ1v) is 9.00. The van der Waals surface area contributed by atoms with Crippen LogP contribution in [0.5, 0.6) is 0 Å². The summed E-state index contributed by atoms with van der Waals surface area (Å²) in [6, 6.07) is 0. The lowest BCUT2D eigenvalue weighted by molar-refractivity contribution is -0.890. The molecule has 0 aromatic rings. The molecule has 22 heavy (non-hydrogen) atoms. The lowest BCUT2D eigenvalue weighted by Gasteiger charge is -2.42. The minimum Gasteiger partial charge on any atom is -0.461 e. The molecule has 2 fully saturated rings. The van der Waals surface area contributed by atoms with E-state index < -0.39 is 0 Å². The van der Waals surface area contributed by atoms with Crippen LogP contribution in [-0.4, -0.2) is 31.7 Å². The van der Waals surface area contributed by atoms with E-state index in [0.29, 0.717) is 5.92 Å². The highest BCUT2D eigenvalue weighted by atomic mass is 16.6. The Hall–Kier alpha value is -1.09. The fraction of sp³-hybridized carbons (Fsp3) is 0.737. The lowest BCUT2D eigenvalue weighted by Crippen LogP contribution is -3.10. The monoisotopic (exact) mass is 302 g/mol. The molecular weight excluding hydrogens is 274 g/mol. The number of esters is 1. The highest BCUT2D eigenvalue weighted by Gasteiger charge is 2.52. The van der Waals surface area contributed by atoms with Gasteiger partial charge >= 0.3 is 5.97 Å². The summed E-state index contributed by atoms with van der Waals surface area (Å²) in [6.45, 7) is 8.03. The third kappa shape index (κ3) is 2.25. The Morgan fingerprint density at radius 2 is 2.14 bits per heavy atom. The van der Waals surface area contributed by atoms with Crippen molar-refractivity contribution in [3.8, 4) is 0 Å². The van der Waals surface area contributed by atoms with Crippen LogP contribution in [-0.2, 0) is 9.53 Å². The minimum atomic E-state index is 0.0649. The third-order valence-corrected chi connectivity index (χ3v) is 6.52. The number of hydrogen-bond donors (Lipinski definition) is 1. The average molecular weight is 302 g/mol. The first-order chi connectivity index (χ1) is 10.6. The van der Waals surface area contributed by atoms with Crippen LogP contribution in [0.15, 0.2) is 23.3 Å². The molecule has 4 atom stereocenters. The number of fused-ring (bicyclic) bond motifs is 2. The lowest BCUT2D eigenvalue weighted by atomic mass is 9.62. The fourth-order valence-corrected chi connectivity index (χ4v) is 5.25. The van der Waals surface area contributed by atoms with Gasteiger partial charge in [0.05, 0.1) is 19.6 Å². The van der Waals surface area contributed by atoms with Crippen molar-refractivity contribution in [1.29, 1.82) is 0 Å². The van der Waals surface area contributed by atoms with Crippen molar-refractivity contribution in [3.63, 3.8) is 0 Å². The van der Waals surface area contributed by atoms with E-state index in [1.54, 1.807) is 4.90 Å². The van der Waals surface area contributed by atoms with Gasteiger partial charge in [-0.3, -0.25) is 4.79 Å². The van der Waals surface area contributed by atoms with Gasteiger partial charge in [0.2, 0.25) is 0 Å². The van der Waals surface area contributed by atoms with E-state index >= 15 is 0 Å². The summed E-state index contributed by atoms with van der Waals surface area (Å²) < 4.78 is 5.82. The summed E-state index contributed by atoms with van der Waals surface area (Å²) in [5.41, 5.74) is 3.15. The minimum absolute atomic E-state index is 0.0649. The highest BCUT2D eigenvalue weighted by molar-refractivity contribution is 5.76. The smallest absolute Gasteiger partial charge is 0.315 e. The van der Waals surface area contributed by atoms with E-state index in [2.05, 4.69) is 26.0 Å². The van der Waals surface area contributed by atoms with Crippen molar-refractivity contribution in [2.24, 2.45) is 17.3 Å². The van der Waals surface area contributed by atoms with Crippen LogP contribution >= 0.6 is 0 Å². The van der Waals surface area contributed by atoms with Gasteiger partial charge in [0, 0.05) is 18.8 Å². The molecule has 2 aliphatic heterocycles. The zero-order valence-corrected chi connectivity index (χ0v) is 13.9. The molecule has 2 aliphatic carbocycles. The number of hydrogen-bond acceptors (Lipinski definition) is 2. The van der Waals surface area contributed by atoms with Crippen molar-refractivity contribution in [1.82, 2.24) is 0 Å². The Labute approximate surface area is 133 Å². The largest absolute Gasteiger partial charge is 0.461 e. The number of carbonyl (C=O) groups is 1. The van der Waals surface area contributed by atoms with Gasteiger partial charge in [-0.2, -0.15) is 0 Å². The van der Waals surface area contributed by atoms with E-state index in [1.165, 1.54) is 43.5 Å². The maximum atomic E-state index is 12.4. The molecule has 3 nitrogen and oxygen atoms in total. The van der Waals surface area contributed by atoms with Gasteiger partial charge < -0.3 is 9.64 Å². The van der Waals surface area contributed by atoms with E-state index in [-0.39, 0.29) is 23.4 Å². The molecule has 3 heteroatoms. The molecule has 4 aliphatic rings. The second-order valence-electron chi connectivity index (χ2n) is 8.09. The van der Waals surface area contributed by atoms with Crippen LogP contribution in [0.1, 0.15) is 46.0 Å². The van der Waals surface area contributed by atoms with Crippen LogP contribution in [0, 0.1) is 17.3 Å². The Kier molecular flexibility index (Phi) is 3.44. The van der Waals surface area contributed by atoms with Crippen molar-refractivity contribution in [2.75, 3.05) is 19.6 Å². The summed E-state index contributed by atoms with van der Waals surface area (Å²) in [4.78, 5) is 14.0. The summed E-state index contributed by atoms with van der Waals surface area (Å²) in [6.07, 6.45) is 10.9. The molecular formula is C19H28NO2+. The summed E-state index contributed by atoms with van der Waals surface area (Å²) in [7, 11) is 0. The predicted molar refractivity (Wildman–Crippen MR) is 85.5 cm³/mol. The second kappa shape index (κ2) is 5.23. The standard InChI is InChI=1S/C19H27NO2/c1-13-6-5-7-19(2)11-17-14(10-16(13)19)15(18(21)22-17)12-20-8-3-4-9-20/h6,10,14-15,17H,3-5,7-9,11-12H2,1-2H3/p+1/t14-,15-,17-,19-/m1/s1. The summed E-state index contributed by atoms with van der Waals surface area (Å²) in [5, 5.41) is 0. The molecule has 120 valence electrons. The Morgan fingerprint density at radius 3 is 2.91 bits per heavy atom. The molecule has 2 heterocycles. The Balaban J connectivity index is 1.62. The van der Waals surface area contributed by atoms with E-state index in [1.807, 2.05) is 0 Å². The van der Waals surface area contributed by atoms with Gasteiger partial charge in [0.25, 0.3) is 0 Å². The molecule has 0 saturated carbocycles. The quantitative estimate of drug-likeness (QED) is 0.790. The molecule has 0 radical (unpaired) electrons. The third-order valence-electron chi connectivity index (χ3n) is 6.52. The zero-order chi connectivity index (χ0) is 15.3. The average Bonchev–Trinajstić information content (AvgIpc) is 3.06. The van der Waals surface area contributed by atoms with Crippen LogP contribution in [0.3, 0.4) is 0 Å². The van der Waals surface area contributed by atoms with Gasteiger partial charge in [-0.1, -0.05) is 24.6 Å². The molecule has 2 saturated heterocycles. The number of rotatable bonds is 2. The molecule has 0 aromatic carbocycles. The van der Waals surface area contributed by atoms with Gasteiger partial charge in [-0.15, -0.1) is 0 Å². The SMILES string of the molecule is CC1=CCC[C@]2(C)C[C@H]3OC(=O)[C@H](C[NH+]4CCCC4)[C@H]3C=C12. The topological polar surface area (TPSA) is 30.7 Å². The van der Waals surface area contributed by atoms with E-state index in [0.717, 1.165) is 19.4 Å². The number of likely N-dealkylation sites (tertiary alicyclic amines) is 1. The second-order valence-corrected chi connectivity index (χ2v) is 8.09. The van der Waals surface area contributed by atoms with Crippen LogP contribution in [0.25, 0.3) is 0 Å². The van der Waals surface area contributed by atoms with Crippen molar-refractivity contribution in [3.05, 3.63) is 23.3 Å². The van der Waals surface area contributed by atoms with Gasteiger partial charge in [-0.05, 0) is 37.2 Å². The normalized spacial score (nSPS) is 41.5. The van der Waals surface area contributed by atoms with Gasteiger partial charge in [0.15, 0.2) is 0 Å². The molecule has 1 N–H and O–H groups in total. The maximum Gasteiger partial charge on any atom is 0.315 e. The molecule has 0 bridgehead atoms. The molecule has 0 amide bonds. The van der Waals surface area contributed by atoms with Crippen molar-refractivity contribution < 1.29 is 14.4 Å². The number of allylic oxidation sites excluding steroid dienone is 3. The number of ether oxygens (including phenoxy) is 1. The number of carbonyl (C=O) groups excluding carboxylic acids is 1. The van der Waals surface area contributed by atoms with Crippen LogP contribution in [0.2, 0.25) is 0 Å². The molecule has 0 spiro atoms. The predicted octanol–water partition coefficient (Wildman–Crippen LogP) is 1.90. The van der Waals surface area contributed by atoms with Crippen molar-refractivity contribution >= 4 is 5.97 Å². The molecule has 4 rings (SSSR count). The van der Waals surface area contributed by atoms with Gasteiger partial charge in [0.1, 0.15) is 12.0 Å². The molecule has 0 unspecified atom stereocenters. The van der Waals surface area contributed by atoms with E-state index in [4.69, 9.17) is 4.74 Å². The number of quaternary nitrogens is 1. The summed E-state index contributed by atoms with van der Waals surface area (Å²) in [5.74, 6) is 0.463. The maximum absolute atomic E-state index is 12.4. The van der Waals surface area contributed by atoms with Crippen molar-refractivity contribution in [2.45, 2.75) is 52.1 Å². The summed E-state index contributed by atoms with van der Waals surface area (Å²) >= 11 is 0. The number of nitrogens with one attached hydrogen (secondary N) is 1. The van der Waals surface area contributed by atoms with E-state index in [9.17, 15) is 4.79 Å². The van der Waals surface area contributed by atoms with Crippen LogP contribution < -0.4 is 4.90 Å². The fourth-order valence-electron chi connectivity index (χ4n) is 5.25. The first-order valence-electron chi connectivity index (χ1n) is 9.00. The van der Waals surface area contributed by atoms with Crippen LogP contribution in [0.4, 0.5) is 0 Å². The zero-order valence-electron chi connectivity index (χ0n) is 13.9.